The average molecular weight is 329 g/mol. The highest BCUT2D eigenvalue weighted by Gasteiger charge is 2.31. The maximum Gasteiger partial charge on any atom is 0.260 e. The Kier molecular flexibility index (Phi) is 3.55. The second kappa shape index (κ2) is 5.74. The number of aromatic nitrogens is 2. The van der Waals surface area contributed by atoms with Crippen LogP contribution in [0.4, 0.5) is 0 Å². The number of benzene rings is 1. The molecule has 0 saturated carbocycles. The number of hydrogen-bond donors (Lipinski definition) is 0. The van der Waals surface area contributed by atoms with E-state index in [4.69, 9.17) is 14.2 Å². The maximum absolute atomic E-state index is 12.8. The number of amides is 1. The van der Waals surface area contributed by atoms with Crippen LogP contribution >= 0.6 is 0 Å². The molecule has 0 radical (unpaired) electrons. The molecular formula is C17H19N3O4. The summed E-state index contributed by atoms with van der Waals surface area (Å²) < 4.78 is 17.6. The molecule has 126 valence electrons. The fourth-order valence-electron chi connectivity index (χ4n) is 3.32. The van der Waals surface area contributed by atoms with Gasteiger partial charge in [0.25, 0.3) is 5.91 Å². The van der Waals surface area contributed by atoms with Gasteiger partial charge in [-0.2, -0.15) is 0 Å². The number of aryl methyl sites for hydroxylation is 1. The molecule has 24 heavy (non-hydrogen) atoms. The lowest BCUT2D eigenvalue weighted by Crippen LogP contribution is -2.28. The van der Waals surface area contributed by atoms with Crippen molar-refractivity contribution in [1.82, 2.24) is 14.7 Å². The SMILES string of the molecule is COc1nn(C)cc1C(=O)N1CCC(c2ccc3c(c2)OCO3)C1. The molecule has 1 unspecified atom stereocenters. The first-order chi connectivity index (χ1) is 11.7. The lowest BCUT2D eigenvalue weighted by molar-refractivity contribution is 0.0787. The standard InChI is InChI=1S/C17H19N3O4/c1-19-9-13(16(18-19)22-2)17(21)20-6-5-12(8-20)11-3-4-14-15(7-11)24-10-23-14/h3-4,7,9,12H,5-6,8,10H2,1-2H3. The van der Waals surface area contributed by atoms with Crippen molar-refractivity contribution in [2.45, 2.75) is 12.3 Å². The highest BCUT2D eigenvalue weighted by molar-refractivity contribution is 5.96. The van der Waals surface area contributed by atoms with Crippen LogP contribution in [0.25, 0.3) is 0 Å². The Morgan fingerprint density at radius 3 is 3.00 bits per heavy atom. The number of rotatable bonds is 3. The highest BCUT2D eigenvalue weighted by Crippen LogP contribution is 2.37. The van der Waals surface area contributed by atoms with Gasteiger partial charge in [0.05, 0.1) is 7.11 Å². The van der Waals surface area contributed by atoms with E-state index in [0.717, 1.165) is 24.5 Å². The van der Waals surface area contributed by atoms with Gasteiger partial charge in [-0.1, -0.05) is 6.07 Å². The van der Waals surface area contributed by atoms with Crippen LogP contribution in [0.2, 0.25) is 0 Å². The van der Waals surface area contributed by atoms with E-state index in [2.05, 4.69) is 11.2 Å². The summed E-state index contributed by atoms with van der Waals surface area (Å²) in [5.41, 5.74) is 1.68. The molecular weight excluding hydrogens is 310 g/mol. The second-order valence-electron chi connectivity index (χ2n) is 6.08. The number of ether oxygens (including phenoxy) is 3. The van der Waals surface area contributed by atoms with Crippen LogP contribution < -0.4 is 14.2 Å². The summed E-state index contributed by atoms with van der Waals surface area (Å²) in [4.78, 5) is 14.6. The topological polar surface area (TPSA) is 65.8 Å². The summed E-state index contributed by atoms with van der Waals surface area (Å²) >= 11 is 0. The average Bonchev–Trinajstić information content (AvgIpc) is 3.32. The number of carbonyl (C=O) groups excluding carboxylic acids is 1. The number of carbonyl (C=O) groups is 1. The maximum atomic E-state index is 12.8. The van der Waals surface area contributed by atoms with Gasteiger partial charge < -0.3 is 19.1 Å². The number of methoxy groups -OCH3 is 1. The Morgan fingerprint density at radius 1 is 1.33 bits per heavy atom. The van der Waals surface area contributed by atoms with Gasteiger partial charge in [0, 0.05) is 32.3 Å². The predicted octanol–water partition coefficient (Wildman–Crippen LogP) is 1.79. The first kappa shape index (κ1) is 14.9. The van der Waals surface area contributed by atoms with Crippen LogP contribution in [-0.4, -0.2) is 47.6 Å². The van der Waals surface area contributed by atoms with Crippen LogP contribution in [0.15, 0.2) is 24.4 Å². The van der Waals surface area contributed by atoms with Crippen LogP contribution in [-0.2, 0) is 7.05 Å². The summed E-state index contributed by atoms with van der Waals surface area (Å²) in [6, 6.07) is 6.01. The number of likely N-dealkylation sites (tertiary alicyclic amines) is 1. The molecule has 0 bridgehead atoms. The van der Waals surface area contributed by atoms with Crippen molar-refractivity contribution in [2.75, 3.05) is 27.0 Å². The van der Waals surface area contributed by atoms with Gasteiger partial charge in [0.2, 0.25) is 12.7 Å². The summed E-state index contributed by atoms with van der Waals surface area (Å²) in [5, 5.41) is 4.15. The van der Waals surface area contributed by atoms with E-state index in [1.54, 1.807) is 17.9 Å². The van der Waals surface area contributed by atoms with Crippen molar-refractivity contribution in [2.24, 2.45) is 7.05 Å². The monoisotopic (exact) mass is 329 g/mol. The van der Waals surface area contributed by atoms with Crippen molar-refractivity contribution < 1.29 is 19.0 Å². The normalized spacial score (nSPS) is 18.9. The van der Waals surface area contributed by atoms with Gasteiger partial charge in [-0.15, -0.1) is 5.10 Å². The van der Waals surface area contributed by atoms with Crippen LogP contribution in [0.5, 0.6) is 17.4 Å². The lowest BCUT2D eigenvalue weighted by atomic mass is 9.98. The van der Waals surface area contributed by atoms with Gasteiger partial charge in [0.15, 0.2) is 11.5 Å². The first-order valence-electron chi connectivity index (χ1n) is 7.92. The Balaban J connectivity index is 1.51. The minimum atomic E-state index is -0.0387. The number of fused-ring (bicyclic) bond motifs is 1. The molecule has 4 rings (SSSR count). The van der Waals surface area contributed by atoms with Gasteiger partial charge >= 0.3 is 0 Å². The summed E-state index contributed by atoms with van der Waals surface area (Å²) in [6.45, 7) is 1.67. The fraction of sp³-hybridized carbons (Fsp3) is 0.412. The molecule has 7 nitrogen and oxygen atoms in total. The minimum absolute atomic E-state index is 0.0387. The summed E-state index contributed by atoms with van der Waals surface area (Å²) in [7, 11) is 3.30. The number of hydrogen-bond acceptors (Lipinski definition) is 5. The third-order valence-electron chi connectivity index (χ3n) is 4.56. The van der Waals surface area contributed by atoms with Crippen molar-refractivity contribution in [3.8, 4) is 17.4 Å². The molecule has 1 aromatic heterocycles. The van der Waals surface area contributed by atoms with E-state index >= 15 is 0 Å². The third kappa shape index (κ3) is 2.46. The van der Waals surface area contributed by atoms with Crippen LogP contribution in [0.1, 0.15) is 28.3 Å². The molecule has 0 aliphatic carbocycles. The predicted molar refractivity (Wildman–Crippen MR) is 85.6 cm³/mol. The Hall–Kier alpha value is -2.70. The smallest absolute Gasteiger partial charge is 0.260 e. The van der Waals surface area contributed by atoms with Crippen LogP contribution in [0.3, 0.4) is 0 Å². The first-order valence-corrected chi connectivity index (χ1v) is 7.92. The highest BCUT2D eigenvalue weighted by atomic mass is 16.7. The molecule has 7 heteroatoms. The Labute approximate surface area is 139 Å². The summed E-state index contributed by atoms with van der Waals surface area (Å²) in [6.07, 6.45) is 2.63. The molecule has 1 atom stereocenters. The molecule has 2 aromatic rings. The lowest BCUT2D eigenvalue weighted by Gasteiger charge is -2.16. The Bertz CT molecular complexity index is 786. The molecule has 1 fully saturated rings. The molecule has 1 amide bonds. The zero-order chi connectivity index (χ0) is 16.7. The van der Waals surface area contributed by atoms with E-state index in [0.29, 0.717) is 23.9 Å². The van der Waals surface area contributed by atoms with Crippen molar-refractivity contribution in [3.05, 3.63) is 35.5 Å². The van der Waals surface area contributed by atoms with E-state index in [9.17, 15) is 4.79 Å². The van der Waals surface area contributed by atoms with E-state index < -0.39 is 0 Å². The number of nitrogens with zero attached hydrogens (tertiary/aromatic N) is 3. The zero-order valence-electron chi connectivity index (χ0n) is 13.7. The zero-order valence-corrected chi connectivity index (χ0v) is 13.7. The van der Waals surface area contributed by atoms with Gasteiger partial charge in [-0.25, -0.2) is 0 Å². The van der Waals surface area contributed by atoms with E-state index in [-0.39, 0.29) is 12.7 Å². The molecule has 0 N–H and O–H groups in total. The van der Waals surface area contributed by atoms with Crippen molar-refractivity contribution in [3.63, 3.8) is 0 Å². The molecule has 1 aromatic carbocycles. The van der Waals surface area contributed by atoms with Crippen molar-refractivity contribution >= 4 is 5.91 Å². The minimum Gasteiger partial charge on any atom is -0.479 e. The second-order valence-corrected chi connectivity index (χ2v) is 6.08. The third-order valence-corrected chi connectivity index (χ3v) is 4.56. The molecule has 0 spiro atoms. The molecule has 2 aliphatic rings. The summed E-state index contributed by atoms with van der Waals surface area (Å²) in [5.74, 6) is 2.19. The van der Waals surface area contributed by atoms with Gasteiger partial charge in [-0.05, 0) is 24.1 Å². The van der Waals surface area contributed by atoms with Gasteiger partial charge in [-0.3, -0.25) is 9.48 Å². The van der Waals surface area contributed by atoms with Crippen molar-refractivity contribution in [1.29, 1.82) is 0 Å². The molecule has 1 saturated heterocycles. The molecule has 2 aliphatic heterocycles. The quantitative estimate of drug-likeness (QED) is 0.859. The van der Waals surface area contributed by atoms with Gasteiger partial charge in [0.1, 0.15) is 5.56 Å². The van der Waals surface area contributed by atoms with E-state index in [1.165, 1.54) is 12.7 Å². The molecule has 3 heterocycles. The van der Waals surface area contributed by atoms with E-state index in [1.807, 2.05) is 17.0 Å². The van der Waals surface area contributed by atoms with Crippen LogP contribution in [0, 0.1) is 0 Å². The Morgan fingerprint density at radius 2 is 2.17 bits per heavy atom. The fourth-order valence-corrected chi connectivity index (χ4v) is 3.32. The largest absolute Gasteiger partial charge is 0.479 e.